The molecule has 9 nitrogen and oxygen atoms in total. The van der Waals surface area contributed by atoms with Crippen molar-refractivity contribution in [3.63, 3.8) is 0 Å². The third kappa shape index (κ3) is 3.53. The normalized spacial score (nSPS) is 36.4. The first-order valence-electron chi connectivity index (χ1n) is 7.78. The van der Waals surface area contributed by atoms with Crippen LogP contribution in [0, 0.1) is 5.82 Å². The second-order valence-corrected chi connectivity index (χ2v) is 9.24. The van der Waals surface area contributed by atoms with Crippen molar-refractivity contribution >= 4 is 24.3 Å². The molecule has 3 N–H and O–H groups in total. The number of rotatable bonds is 4. The SMILES string of the molecule is CC(C)OP1(=S)OC[C@@]2(C(F)F)O[C@@H](n3cc(F)c(N)nc3=O)[C@@H](O)C2O1. The van der Waals surface area contributed by atoms with E-state index in [0.29, 0.717) is 10.8 Å². The van der Waals surface area contributed by atoms with Gasteiger partial charge in [-0.3, -0.25) is 9.09 Å². The Balaban J connectivity index is 2.00. The van der Waals surface area contributed by atoms with E-state index in [1.807, 2.05) is 0 Å². The van der Waals surface area contributed by atoms with Crippen molar-refractivity contribution in [2.75, 3.05) is 12.3 Å². The molecular weight excluding hydrogens is 414 g/mol. The van der Waals surface area contributed by atoms with E-state index in [0.717, 1.165) is 0 Å². The highest BCUT2D eigenvalue weighted by molar-refractivity contribution is 8.07. The summed E-state index contributed by atoms with van der Waals surface area (Å²) in [4.78, 5) is 15.2. The highest BCUT2D eigenvalue weighted by Crippen LogP contribution is 2.61. The molecule has 1 aromatic rings. The van der Waals surface area contributed by atoms with Crippen LogP contribution in [0.3, 0.4) is 0 Å². The monoisotopic (exact) mass is 431 g/mol. The van der Waals surface area contributed by atoms with E-state index in [1.165, 1.54) is 0 Å². The zero-order valence-electron chi connectivity index (χ0n) is 14.1. The van der Waals surface area contributed by atoms with E-state index in [4.69, 9.17) is 35.8 Å². The molecule has 2 saturated heterocycles. The van der Waals surface area contributed by atoms with E-state index in [9.17, 15) is 23.1 Å². The van der Waals surface area contributed by atoms with Crippen molar-refractivity contribution in [3.05, 3.63) is 22.5 Å². The first kappa shape index (κ1) is 20.6. The maximum atomic E-state index is 13.8. The quantitative estimate of drug-likeness (QED) is 0.671. The Hall–Kier alpha value is -1.08. The van der Waals surface area contributed by atoms with Crippen LogP contribution in [-0.2, 0) is 30.1 Å². The maximum absolute atomic E-state index is 13.8. The molecule has 0 spiro atoms. The van der Waals surface area contributed by atoms with Crippen LogP contribution in [0.2, 0.25) is 0 Å². The van der Waals surface area contributed by atoms with Crippen LogP contribution in [0.4, 0.5) is 19.0 Å². The number of ether oxygens (including phenoxy) is 1. The Morgan fingerprint density at radius 2 is 2.22 bits per heavy atom. The smallest absolute Gasteiger partial charge is 0.351 e. The van der Waals surface area contributed by atoms with Gasteiger partial charge in [0.15, 0.2) is 23.5 Å². The molecule has 152 valence electrons. The minimum atomic E-state index is -3.44. The maximum Gasteiger partial charge on any atom is 0.351 e. The topological polar surface area (TPSA) is 118 Å². The number of anilines is 1. The van der Waals surface area contributed by atoms with E-state index < -0.39 is 67.2 Å². The molecule has 0 saturated carbocycles. The van der Waals surface area contributed by atoms with Crippen LogP contribution in [0.1, 0.15) is 20.1 Å². The van der Waals surface area contributed by atoms with Gasteiger partial charge < -0.3 is 24.6 Å². The molecule has 1 aromatic heterocycles. The fourth-order valence-corrected chi connectivity index (χ4v) is 5.41. The summed E-state index contributed by atoms with van der Waals surface area (Å²) in [6.45, 7) is -0.904. The summed E-state index contributed by atoms with van der Waals surface area (Å²) in [5, 5.41) is 10.5. The van der Waals surface area contributed by atoms with Crippen LogP contribution >= 0.6 is 6.72 Å². The Morgan fingerprint density at radius 3 is 2.81 bits per heavy atom. The van der Waals surface area contributed by atoms with Crippen molar-refractivity contribution in [2.24, 2.45) is 0 Å². The third-order valence-electron chi connectivity index (χ3n) is 4.03. The van der Waals surface area contributed by atoms with Crippen molar-refractivity contribution in [1.29, 1.82) is 0 Å². The average Bonchev–Trinajstić information content (AvgIpc) is 2.84. The first-order chi connectivity index (χ1) is 12.5. The lowest BCUT2D eigenvalue weighted by molar-refractivity contribution is -0.204. The molecule has 2 fully saturated rings. The summed E-state index contributed by atoms with van der Waals surface area (Å²) in [5.74, 6) is -1.76. The van der Waals surface area contributed by atoms with E-state index in [1.54, 1.807) is 13.8 Å². The molecule has 2 aliphatic heterocycles. The number of aromatic nitrogens is 2. The van der Waals surface area contributed by atoms with Crippen LogP contribution in [-0.4, -0.2) is 51.6 Å². The van der Waals surface area contributed by atoms with Gasteiger partial charge >= 0.3 is 12.4 Å². The average molecular weight is 431 g/mol. The number of aliphatic hydroxyl groups is 1. The molecule has 0 bridgehead atoms. The molecule has 3 heterocycles. The van der Waals surface area contributed by atoms with Crippen molar-refractivity contribution in [2.45, 2.75) is 50.4 Å². The molecule has 0 radical (unpaired) electrons. The van der Waals surface area contributed by atoms with Crippen LogP contribution in [0.25, 0.3) is 0 Å². The lowest BCUT2D eigenvalue weighted by atomic mass is 9.96. The lowest BCUT2D eigenvalue weighted by Gasteiger charge is -2.41. The van der Waals surface area contributed by atoms with Gasteiger partial charge in [0.25, 0.3) is 6.43 Å². The van der Waals surface area contributed by atoms with Gasteiger partial charge in [0.2, 0.25) is 0 Å². The largest absolute Gasteiger partial charge is 0.386 e. The van der Waals surface area contributed by atoms with Crippen molar-refractivity contribution < 1.29 is 36.6 Å². The Morgan fingerprint density at radius 1 is 1.56 bits per heavy atom. The Bertz CT molecular complexity index is 842. The van der Waals surface area contributed by atoms with Crippen LogP contribution < -0.4 is 11.4 Å². The fraction of sp³-hybridized carbons (Fsp3) is 0.692. The van der Waals surface area contributed by atoms with Gasteiger partial charge in [0, 0.05) is 0 Å². The number of alkyl halides is 2. The molecule has 14 heteroatoms. The fourth-order valence-electron chi connectivity index (χ4n) is 2.83. The van der Waals surface area contributed by atoms with Gasteiger partial charge in [-0.15, -0.1) is 0 Å². The summed E-state index contributed by atoms with van der Waals surface area (Å²) in [6.07, 6.45) is -8.19. The minimum Gasteiger partial charge on any atom is -0.386 e. The number of hydrogen-bond donors (Lipinski definition) is 2. The number of aliphatic hydroxyl groups excluding tert-OH is 1. The van der Waals surface area contributed by atoms with E-state index in [2.05, 4.69) is 4.98 Å². The summed E-state index contributed by atoms with van der Waals surface area (Å²) < 4.78 is 63.2. The standard InChI is InChI=1S/C13H17F3N3O6PS/c1-5(2)24-26(27)22-4-13(11(15)16)8(25-26)7(20)10(23-13)19-3-6(14)9(17)18-12(19)21/h3,5,7-8,10-11,20H,4H2,1-2H3,(H2,17,18,21)/t7-,8?,10+,13+,26?/m0/s1. The molecule has 0 aliphatic carbocycles. The van der Waals surface area contributed by atoms with E-state index >= 15 is 0 Å². The van der Waals surface area contributed by atoms with Crippen LogP contribution in [0.5, 0.6) is 0 Å². The molecule has 3 rings (SSSR count). The summed E-state index contributed by atoms with van der Waals surface area (Å²) in [6, 6.07) is 0. The second-order valence-electron chi connectivity index (χ2n) is 6.32. The molecule has 5 atom stereocenters. The van der Waals surface area contributed by atoms with Gasteiger partial charge in [-0.2, -0.15) is 4.98 Å². The predicted octanol–water partition coefficient (Wildman–Crippen LogP) is 0.923. The van der Waals surface area contributed by atoms with E-state index in [-0.39, 0.29) is 0 Å². The number of hydrogen-bond acceptors (Lipinski definition) is 9. The van der Waals surface area contributed by atoms with Gasteiger partial charge in [-0.1, -0.05) is 0 Å². The molecule has 27 heavy (non-hydrogen) atoms. The first-order valence-corrected chi connectivity index (χ1v) is 10.3. The molecule has 0 amide bonds. The predicted molar refractivity (Wildman–Crippen MR) is 89.1 cm³/mol. The molecular formula is C13H17F3N3O6PS. The zero-order valence-corrected chi connectivity index (χ0v) is 15.8. The summed E-state index contributed by atoms with van der Waals surface area (Å²) >= 11 is 5.14. The van der Waals surface area contributed by atoms with Gasteiger partial charge in [-0.25, -0.2) is 18.0 Å². The summed E-state index contributed by atoms with van der Waals surface area (Å²) in [5.41, 5.74) is 1.68. The zero-order chi connectivity index (χ0) is 20.1. The molecule has 0 aromatic carbocycles. The number of nitrogens with zero attached hydrogens (tertiary/aromatic N) is 2. The molecule has 2 unspecified atom stereocenters. The molecule has 2 aliphatic rings. The summed E-state index contributed by atoms with van der Waals surface area (Å²) in [7, 11) is 0. The number of halogens is 3. The Labute approximate surface area is 156 Å². The second kappa shape index (κ2) is 7.07. The number of fused-ring (bicyclic) bond motifs is 1. The van der Waals surface area contributed by atoms with Crippen LogP contribution in [0.15, 0.2) is 11.0 Å². The number of nitrogens with two attached hydrogens (primary N) is 1. The third-order valence-corrected chi connectivity index (χ3v) is 6.48. The van der Waals surface area contributed by atoms with Crippen molar-refractivity contribution in [3.8, 4) is 0 Å². The minimum absolute atomic E-state index is 0.428. The highest BCUT2D eigenvalue weighted by Gasteiger charge is 2.66. The van der Waals surface area contributed by atoms with Gasteiger partial charge in [0.05, 0.1) is 18.9 Å². The van der Waals surface area contributed by atoms with Gasteiger partial charge in [-0.05, 0) is 25.7 Å². The number of nitrogen functional groups attached to an aromatic ring is 1. The van der Waals surface area contributed by atoms with Gasteiger partial charge in [0.1, 0.15) is 12.2 Å². The van der Waals surface area contributed by atoms with Crippen molar-refractivity contribution in [1.82, 2.24) is 9.55 Å². The highest BCUT2D eigenvalue weighted by atomic mass is 32.5. The Kier molecular flexibility index (Phi) is 5.40. The lowest BCUT2D eigenvalue weighted by Crippen LogP contribution is -2.56.